The van der Waals surface area contributed by atoms with E-state index in [1.165, 1.54) is 12.1 Å². The zero-order valence-electron chi connectivity index (χ0n) is 18.2. The average Bonchev–Trinajstić information content (AvgIpc) is 3.03. The molecule has 0 aromatic rings. The van der Waals surface area contributed by atoms with E-state index in [1.54, 1.807) is 0 Å². The van der Waals surface area contributed by atoms with Crippen LogP contribution in [0.1, 0.15) is 72.1 Å². The molecule has 4 heteroatoms. The van der Waals surface area contributed by atoms with Gasteiger partial charge in [-0.1, -0.05) is 27.4 Å². The number of aliphatic hydroxyl groups is 1. The summed E-state index contributed by atoms with van der Waals surface area (Å²) in [6.07, 6.45) is 7.85. The van der Waals surface area contributed by atoms with Crippen molar-refractivity contribution in [3.63, 3.8) is 0 Å². The van der Waals surface area contributed by atoms with Crippen LogP contribution in [0.5, 0.6) is 0 Å². The van der Waals surface area contributed by atoms with Crippen LogP contribution in [0.4, 0.5) is 0 Å². The zero-order valence-corrected chi connectivity index (χ0v) is 18.2. The van der Waals surface area contributed by atoms with E-state index in [9.17, 15) is 9.90 Å². The van der Waals surface area contributed by atoms with Gasteiger partial charge in [-0.2, -0.15) is 0 Å². The van der Waals surface area contributed by atoms with Crippen molar-refractivity contribution in [3.05, 3.63) is 12.2 Å². The summed E-state index contributed by atoms with van der Waals surface area (Å²) in [5.74, 6) is 0.736. The summed E-state index contributed by atoms with van der Waals surface area (Å²) < 4.78 is 6.29. The molecule has 9 atom stereocenters. The minimum Gasteiger partial charge on any atom is -0.457 e. The van der Waals surface area contributed by atoms with Gasteiger partial charge in [0, 0.05) is 34.4 Å². The normalized spacial score (nSPS) is 54.8. The first-order valence-corrected chi connectivity index (χ1v) is 11.9. The van der Waals surface area contributed by atoms with Gasteiger partial charge in [-0.3, -0.25) is 9.79 Å². The third-order valence-electron chi connectivity index (χ3n) is 10.9. The smallest absolute Gasteiger partial charge is 0.309 e. The molecule has 7 saturated carbocycles. The summed E-state index contributed by atoms with van der Waals surface area (Å²) >= 11 is 0. The fourth-order valence-corrected chi connectivity index (χ4v) is 9.41. The quantitative estimate of drug-likeness (QED) is 0.570. The molecule has 0 aromatic heterocycles. The molecule has 0 saturated heterocycles. The fourth-order valence-electron chi connectivity index (χ4n) is 9.41. The Morgan fingerprint density at radius 3 is 2.86 bits per heavy atom. The van der Waals surface area contributed by atoms with Gasteiger partial charge in [-0.05, 0) is 68.8 Å². The van der Waals surface area contributed by atoms with Crippen molar-refractivity contribution in [2.45, 2.75) is 83.8 Å². The predicted octanol–water partition coefficient (Wildman–Crippen LogP) is 4.31. The Balaban J connectivity index is 1.51. The number of ether oxygens (including phenoxy) is 1. The lowest BCUT2D eigenvalue weighted by Gasteiger charge is -2.78. The van der Waals surface area contributed by atoms with E-state index in [2.05, 4.69) is 13.5 Å². The molecular formula is C25H35NO3. The number of hydrogen-bond donors (Lipinski definition) is 1. The fraction of sp³-hybridized carbons (Fsp3) is 0.840. The van der Waals surface area contributed by atoms with Crippen LogP contribution in [-0.2, 0) is 9.53 Å². The summed E-state index contributed by atoms with van der Waals surface area (Å²) in [5, 5.41) is 12.5. The van der Waals surface area contributed by atoms with Crippen LogP contribution < -0.4 is 0 Å². The number of hydrogen-bond acceptors (Lipinski definition) is 4. The number of fused-ring (bicyclic) bond motifs is 2. The van der Waals surface area contributed by atoms with Crippen molar-refractivity contribution in [1.82, 2.24) is 0 Å². The number of carbonyl (C=O) groups is 1. The van der Waals surface area contributed by atoms with Gasteiger partial charge >= 0.3 is 5.97 Å². The molecule has 8 aliphatic rings. The van der Waals surface area contributed by atoms with Gasteiger partial charge < -0.3 is 9.84 Å². The van der Waals surface area contributed by atoms with Crippen LogP contribution in [-0.4, -0.2) is 35.0 Å². The molecule has 158 valence electrons. The molecule has 8 rings (SSSR count). The molecule has 0 radical (unpaired) electrons. The highest BCUT2D eigenvalue weighted by atomic mass is 16.5. The maximum atomic E-state index is 12.9. The second-order valence-electron chi connectivity index (χ2n) is 11.5. The summed E-state index contributed by atoms with van der Waals surface area (Å²) in [5.41, 5.74) is 1.52. The number of carbonyl (C=O) groups excluding carboxylic acids is 1. The SMILES string of the molecule is C=C1[C@H]2C[C@@H]3C4=NC[C@]5(C)CCC[C@]6(O)[C@H](C2)[C@]3(CC[C@@]456)[C@@H]1OC(=O)[C@H](C)CC. The maximum absolute atomic E-state index is 12.9. The van der Waals surface area contributed by atoms with E-state index in [0.29, 0.717) is 11.8 Å². The molecule has 7 fully saturated rings. The Kier molecular flexibility index (Phi) is 3.44. The molecule has 1 N–H and O–H groups in total. The van der Waals surface area contributed by atoms with Crippen molar-refractivity contribution in [1.29, 1.82) is 0 Å². The van der Waals surface area contributed by atoms with Gasteiger partial charge in [0.15, 0.2) is 0 Å². The van der Waals surface area contributed by atoms with Crippen molar-refractivity contribution in [2.75, 3.05) is 6.54 Å². The summed E-state index contributed by atoms with van der Waals surface area (Å²) in [4.78, 5) is 18.1. The van der Waals surface area contributed by atoms with Gasteiger partial charge in [0.1, 0.15) is 6.10 Å². The number of nitrogens with zero attached hydrogens (tertiary/aromatic N) is 1. The van der Waals surface area contributed by atoms with Crippen LogP contribution in [0.3, 0.4) is 0 Å². The molecule has 1 heterocycles. The lowest BCUT2D eigenvalue weighted by Crippen LogP contribution is -2.82. The van der Waals surface area contributed by atoms with Crippen LogP contribution >= 0.6 is 0 Å². The van der Waals surface area contributed by atoms with Gasteiger partial charge in [-0.15, -0.1) is 0 Å². The first kappa shape index (κ1) is 18.6. The van der Waals surface area contributed by atoms with Crippen LogP contribution in [0.15, 0.2) is 17.1 Å². The molecule has 4 nitrogen and oxygen atoms in total. The lowest BCUT2D eigenvalue weighted by molar-refractivity contribution is -0.296. The molecule has 0 aromatic carbocycles. The van der Waals surface area contributed by atoms with Crippen molar-refractivity contribution in [3.8, 4) is 0 Å². The molecule has 0 unspecified atom stereocenters. The minimum absolute atomic E-state index is 0.0907. The molecule has 0 amide bonds. The highest BCUT2D eigenvalue weighted by Crippen LogP contribution is 2.81. The largest absolute Gasteiger partial charge is 0.457 e. The Bertz CT molecular complexity index is 849. The van der Waals surface area contributed by atoms with E-state index in [-0.39, 0.29) is 40.2 Å². The van der Waals surface area contributed by atoms with E-state index < -0.39 is 5.60 Å². The average molecular weight is 398 g/mol. The summed E-state index contributed by atoms with van der Waals surface area (Å²) in [7, 11) is 0. The highest BCUT2D eigenvalue weighted by molar-refractivity contribution is 5.99. The minimum atomic E-state index is -0.690. The molecule has 7 aliphatic carbocycles. The monoisotopic (exact) mass is 397 g/mol. The summed E-state index contributed by atoms with van der Waals surface area (Å²) in [6.45, 7) is 11.7. The molecule has 5 bridgehead atoms. The Labute approximate surface area is 174 Å². The van der Waals surface area contributed by atoms with Gasteiger partial charge in [0.2, 0.25) is 0 Å². The van der Waals surface area contributed by atoms with E-state index in [4.69, 9.17) is 9.73 Å². The number of rotatable bonds is 3. The first-order chi connectivity index (χ1) is 13.7. The van der Waals surface area contributed by atoms with Gasteiger partial charge in [0.05, 0.1) is 11.5 Å². The standard InChI is InChI=1S/C25H35NO3/c1-5-14(2)21(27)29-20-15(3)16-11-17-19-24-10-9-23(17,20)18(12-16)25(24,28)8-6-7-22(24,4)13-26-19/h14,16-18,20,28H,3,5-13H2,1-2,4H3/t14-,16+,17-,18-,20-,22+,23-,24-,25+/m1/s1. The van der Waals surface area contributed by atoms with Gasteiger partial charge in [0.25, 0.3) is 0 Å². The Hall–Kier alpha value is -1.16. The van der Waals surface area contributed by atoms with Crippen LogP contribution in [0.2, 0.25) is 0 Å². The number of esters is 1. The second-order valence-corrected chi connectivity index (χ2v) is 11.5. The summed E-state index contributed by atoms with van der Waals surface area (Å²) in [6, 6.07) is 0. The van der Waals surface area contributed by atoms with Crippen molar-refractivity contribution < 1.29 is 14.6 Å². The first-order valence-electron chi connectivity index (χ1n) is 11.9. The second kappa shape index (κ2) is 5.36. The zero-order chi connectivity index (χ0) is 20.4. The third-order valence-corrected chi connectivity index (χ3v) is 10.9. The third kappa shape index (κ3) is 1.73. The van der Waals surface area contributed by atoms with E-state index >= 15 is 0 Å². The van der Waals surface area contributed by atoms with Crippen LogP contribution in [0, 0.1) is 39.9 Å². The van der Waals surface area contributed by atoms with Crippen LogP contribution in [0.25, 0.3) is 0 Å². The van der Waals surface area contributed by atoms with Crippen molar-refractivity contribution in [2.24, 2.45) is 44.9 Å². The number of aliphatic imine (C=N–C) groups is 1. The Morgan fingerprint density at radius 1 is 1.31 bits per heavy atom. The van der Waals surface area contributed by atoms with E-state index in [1.807, 2.05) is 13.8 Å². The maximum Gasteiger partial charge on any atom is 0.309 e. The Morgan fingerprint density at radius 2 is 2.10 bits per heavy atom. The molecular weight excluding hydrogens is 362 g/mol. The molecule has 29 heavy (non-hydrogen) atoms. The van der Waals surface area contributed by atoms with E-state index in [0.717, 1.165) is 57.1 Å². The molecule has 2 spiro atoms. The van der Waals surface area contributed by atoms with Crippen molar-refractivity contribution >= 4 is 11.7 Å². The highest BCUT2D eigenvalue weighted by Gasteiger charge is 2.84. The lowest BCUT2D eigenvalue weighted by atomic mass is 9.26. The predicted molar refractivity (Wildman–Crippen MR) is 111 cm³/mol. The topological polar surface area (TPSA) is 58.9 Å². The van der Waals surface area contributed by atoms with Gasteiger partial charge in [-0.25, -0.2) is 0 Å². The molecule has 1 aliphatic heterocycles.